The van der Waals surface area contributed by atoms with Crippen molar-refractivity contribution >= 4 is 62.2 Å². The number of carbonyl (C=O) groups is 1. The number of morpholine rings is 1. The fourth-order valence-electron chi connectivity index (χ4n) is 4.90. The van der Waals surface area contributed by atoms with E-state index in [0.29, 0.717) is 29.7 Å². The molecule has 3 aromatic rings. The number of halogens is 2. The zero-order valence-electron chi connectivity index (χ0n) is 21.6. The Morgan fingerprint density at radius 1 is 1.18 bits per heavy atom. The van der Waals surface area contributed by atoms with Gasteiger partial charge in [0.05, 0.1) is 35.2 Å². The summed E-state index contributed by atoms with van der Waals surface area (Å²) in [5, 5.41) is 8.91. The molecular weight excluding hydrogens is 543 g/mol. The number of carbonyl (C=O) groups excluding carboxylic acids is 1. The van der Waals surface area contributed by atoms with Gasteiger partial charge in [-0.05, 0) is 44.0 Å². The number of nitrogens with one attached hydrogen (secondary N) is 2. The van der Waals surface area contributed by atoms with E-state index < -0.39 is 0 Å². The molecule has 1 saturated heterocycles. The van der Waals surface area contributed by atoms with E-state index in [4.69, 9.17) is 27.9 Å². The molecule has 8 nitrogen and oxygen atoms in total. The molecule has 2 aromatic heterocycles. The molecule has 202 valence electrons. The first-order chi connectivity index (χ1) is 18.3. The highest BCUT2D eigenvalue weighted by Crippen LogP contribution is 2.38. The van der Waals surface area contributed by atoms with Gasteiger partial charge in [-0.1, -0.05) is 29.3 Å². The molecule has 0 unspecified atom stereocenters. The summed E-state index contributed by atoms with van der Waals surface area (Å²) < 4.78 is 5.44. The molecule has 2 aliphatic heterocycles. The number of fused-ring (bicyclic) bond motifs is 3. The minimum Gasteiger partial charge on any atom is -0.379 e. The molecule has 1 aromatic carbocycles. The molecule has 2 N–H and O–H groups in total. The van der Waals surface area contributed by atoms with E-state index in [9.17, 15) is 4.79 Å². The van der Waals surface area contributed by atoms with Gasteiger partial charge in [0, 0.05) is 54.9 Å². The maximum absolute atomic E-state index is 13.0. The van der Waals surface area contributed by atoms with Gasteiger partial charge in [-0.15, -0.1) is 11.3 Å². The number of benzene rings is 1. The number of thiophene rings is 1. The lowest BCUT2D eigenvalue weighted by Gasteiger charge is -2.35. The Morgan fingerprint density at radius 2 is 2.00 bits per heavy atom. The maximum atomic E-state index is 13.0. The van der Waals surface area contributed by atoms with Crippen LogP contribution in [0.3, 0.4) is 0 Å². The molecule has 1 amide bonds. The predicted molar refractivity (Wildman–Crippen MR) is 155 cm³/mol. The Labute approximate surface area is 237 Å². The van der Waals surface area contributed by atoms with Crippen LogP contribution in [-0.2, 0) is 22.5 Å². The minimum atomic E-state index is -0.0497. The monoisotopic (exact) mass is 574 g/mol. The summed E-state index contributed by atoms with van der Waals surface area (Å²) in [6.45, 7) is 10.7. The van der Waals surface area contributed by atoms with Crippen LogP contribution >= 0.6 is 34.5 Å². The molecule has 0 aliphatic carbocycles. The summed E-state index contributed by atoms with van der Waals surface area (Å²) in [5.74, 6) is 0.762. The molecule has 11 heteroatoms. The predicted octanol–water partition coefficient (Wildman–Crippen LogP) is 4.88. The number of rotatable bonds is 8. The Hall–Kier alpha value is -2.27. The van der Waals surface area contributed by atoms with E-state index in [2.05, 4.69) is 39.3 Å². The smallest absolute Gasteiger partial charge is 0.246 e. The number of nitrogens with zero attached hydrogens (tertiary/aromatic N) is 4. The van der Waals surface area contributed by atoms with Gasteiger partial charge in [-0.3, -0.25) is 9.69 Å². The lowest BCUT2D eigenvalue weighted by molar-refractivity contribution is -0.126. The molecule has 0 spiro atoms. The SMILES string of the molecule is CC(C)(CN1CCOCC1)NCC=CC(=O)N1CCc2c(sc3ncnc(Nc4ccc(Cl)c(Cl)c4)c23)C1. The van der Waals surface area contributed by atoms with Crippen molar-refractivity contribution in [3.05, 3.63) is 57.2 Å². The molecular formula is C27H32Cl2N6O2S. The van der Waals surface area contributed by atoms with E-state index in [1.807, 2.05) is 17.0 Å². The first kappa shape index (κ1) is 27.3. The summed E-state index contributed by atoms with van der Waals surface area (Å²) in [5.41, 5.74) is 1.96. The van der Waals surface area contributed by atoms with Crippen molar-refractivity contribution in [2.45, 2.75) is 32.4 Å². The number of hydrogen-bond acceptors (Lipinski definition) is 8. The molecule has 5 rings (SSSR count). The number of anilines is 2. The quantitative estimate of drug-likeness (QED) is 0.371. The molecule has 1 fully saturated rings. The van der Waals surface area contributed by atoms with E-state index in [-0.39, 0.29) is 11.4 Å². The van der Waals surface area contributed by atoms with Crippen molar-refractivity contribution in [3.63, 3.8) is 0 Å². The van der Waals surface area contributed by atoms with Gasteiger partial charge < -0.3 is 20.3 Å². The van der Waals surface area contributed by atoms with Crippen molar-refractivity contribution in [1.82, 2.24) is 25.1 Å². The van der Waals surface area contributed by atoms with E-state index in [1.54, 1.807) is 35.9 Å². The minimum absolute atomic E-state index is 0.0288. The second-order valence-electron chi connectivity index (χ2n) is 10.2. The highest BCUT2D eigenvalue weighted by molar-refractivity contribution is 7.19. The maximum Gasteiger partial charge on any atom is 0.246 e. The van der Waals surface area contributed by atoms with Crippen LogP contribution in [0.2, 0.25) is 10.0 Å². The molecule has 0 saturated carbocycles. The summed E-state index contributed by atoms with van der Waals surface area (Å²) >= 11 is 13.9. The van der Waals surface area contributed by atoms with Crippen LogP contribution in [-0.4, -0.2) is 77.2 Å². The van der Waals surface area contributed by atoms with Crippen LogP contribution in [0.5, 0.6) is 0 Å². The molecule has 0 radical (unpaired) electrons. The average molecular weight is 576 g/mol. The van der Waals surface area contributed by atoms with Crippen molar-refractivity contribution in [2.24, 2.45) is 0 Å². The van der Waals surface area contributed by atoms with Crippen molar-refractivity contribution in [1.29, 1.82) is 0 Å². The molecule has 0 bridgehead atoms. The normalized spacial score (nSPS) is 16.8. The van der Waals surface area contributed by atoms with Gasteiger partial charge in [0.15, 0.2) is 0 Å². The summed E-state index contributed by atoms with van der Waals surface area (Å²) in [4.78, 5) is 28.3. The summed E-state index contributed by atoms with van der Waals surface area (Å²) in [6, 6.07) is 5.40. The standard InChI is InChI=1S/C27H32Cl2N6O2S/c1-27(2,16-34-10-12-37-13-11-34)32-8-3-4-23(36)35-9-7-19-22(15-35)38-26-24(19)25(30-17-31-26)33-18-5-6-20(28)21(29)14-18/h3-6,14,17,32H,7-13,15-16H2,1-2H3,(H,30,31,33). The van der Waals surface area contributed by atoms with E-state index >= 15 is 0 Å². The van der Waals surface area contributed by atoms with Crippen LogP contribution in [0.25, 0.3) is 10.2 Å². The van der Waals surface area contributed by atoms with Crippen molar-refractivity contribution < 1.29 is 9.53 Å². The van der Waals surface area contributed by atoms with Crippen molar-refractivity contribution in [3.8, 4) is 0 Å². The fourth-order valence-corrected chi connectivity index (χ4v) is 6.40. The van der Waals surface area contributed by atoms with Gasteiger partial charge in [0.1, 0.15) is 17.0 Å². The number of aromatic nitrogens is 2. The number of hydrogen-bond donors (Lipinski definition) is 2. The third-order valence-electron chi connectivity index (χ3n) is 6.81. The van der Waals surface area contributed by atoms with Gasteiger partial charge in [-0.2, -0.15) is 0 Å². The number of ether oxygens (including phenoxy) is 1. The van der Waals surface area contributed by atoms with E-state index in [1.165, 1.54) is 5.56 Å². The van der Waals surface area contributed by atoms with E-state index in [0.717, 1.165) is 65.9 Å². The van der Waals surface area contributed by atoms with Gasteiger partial charge in [0.2, 0.25) is 5.91 Å². The Kier molecular flexibility index (Phi) is 8.52. The second kappa shape index (κ2) is 11.9. The topological polar surface area (TPSA) is 82.6 Å². The van der Waals surface area contributed by atoms with Crippen LogP contribution in [0, 0.1) is 0 Å². The third kappa shape index (κ3) is 6.47. The molecule has 2 aliphatic rings. The van der Waals surface area contributed by atoms with Gasteiger partial charge in [0.25, 0.3) is 0 Å². The number of amides is 1. The first-order valence-electron chi connectivity index (χ1n) is 12.8. The second-order valence-corrected chi connectivity index (χ2v) is 12.1. The lowest BCUT2D eigenvalue weighted by Crippen LogP contribution is -2.51. The third-order valence-corrected chi connectivity index (χ3v) is 8.68. The largest absolute Gasteiger partial charge is 0.379 e. The van der Waals surface area contributed by atoms with Crippen molar-refractivity contribution in [2.75, 3.05) is 51.3 Å². The molecule has 38 heavy (non-hydrogen) atoms. The fraction of sp³-hybridized carbons (Fsp3) is 0.444. The Balaban J connectivity index is 1.20. The molecule has 0 atom stereocenters. The summed E-state index contributed by atoms with van der Waals surface area (Å²) in [7, 11) is 0. The van der Waals surface area contributed by atoms with Crippen LogP contribution in [0.15, 0.2) is 36.7 Å². The summed E-state index contributed by atoms with van der Waals surface area (Å²) in [6.07, 6.45) is 5.92. The highest BCUT2D eigenvalue weighted by Gasteiger charge is 2.26. The lowest BCUT2D eigenvalue weighted by atomic mass is 10.0. The van der Waals surface area contributed by atoms with Gasteiger partial charge in [-0.25, -0.2) is 9.97 Å². The highest BCUT2D eigenvalue weighted by atomic mass is 35.5. The Bertz CT molecular complexity index is 1340. The zero-order chi connectivity index (χ0) is 26.7. The average Bonchev–Trinajstić information content (AvgIpc) is 3.28. The molecule has 4 heterocycles. The van der Waals surface area contributed by atoms with Gasteiger partial charge >= 0.3 is 0 Å². The van der Waals surface area contributed by atoms with Crippen LogP contribution in [0.4, 0.5) is 11.5 Å². The Morgan fingerprint density at radius 3 is 2.79 bits per heavy atom. The zero-order valence-corrected chi connectivity index (χ0v) is 23.9. The first-order valence-corrected chi connectivity index (χ1v) is 14.3. The van der Waals surface area contributed by atoms with Crippen LogP contribution < -0.4 is 10.6 Å². The van der Waals surface area contributed by atoms with Crippen LogP contribution in [0.1, 0.15) is 24.3 Å².